The van der Waals surface area contributed by atoms with Crippen molar-refractivity contribution in [2.75, 3.05) is 32.7 Å². The quantitative estimate of drug-likeness (QED) is 0.520. The predicted molar refractivity (Wildman–Crippen MR) is 143 cm³/mol. The number of amides is 3. The molecule has 0 saturated carbocycles. The fourth-order valence-electron chi connectivity index (χ4n) is 4.09. The molecule has 3 rings (SSSR count). The highest BCUT2D eigenvalue weighted by Crippen LogP contribution is 2.26. The van der Waals surface area contributed by atoms with E-state index in [2.05, 4.69) is 20.5 Å². The van der Waals surface area contributed by atoms with Crippen molar-refractivity contribution in [3.63, 3.8) is 0 Å². The molecule has 2 aromatic rings. The molecular formula is C27H39N5O6. The average Bonchev–Trinajstić information content (AvgIpc) is 2.81. The molecule has 0 unspecified atom stereocenters. The highest BCUT2D eigenvalue weighted by molar-refractivity contribution is 5.87. The minimum Gasteiger partial charge on any atom is -0.506 e. The number of pyridine rings is 1. The first-order chi connectivity index (χ1) is 17.7. The number of carbonyl (C=O) groups excluding carboxylic acids is 3. The second-order valence-corrected chi connectivity index (χ2v) is 11.3. The summed E-state index contributed by atoms with van der Waals surface area (Å²) >= 11 is 0. The first-order valence-corrected chi connectivity index (χ1v) is 12.7. The van der Waals surface area contributed by atoms with Crippen LogP contribution in [0.25, 0.3) is 10.9 Å². The van der Waals surface area contributed by atoms with E-state index in [1.807, 2.05) is 18.2 Å². The lowest BCUT2D eigenvalue weighted by atomic mass is 10.1. The van der Waals surface area contributed by atoms with Gasteiger partial charge in [0.05, 0.1) is 6.54 Å². The zero-order valence-corrected chi connectivity index (χ0v) is 23.0. The van der Waals surface area contributed by atoms with Crippen molar-refractivity contribution in [3.8, 4) is 5.75 Å². The van der Waals surface area contributed by atoms with E-state index in [1.54, 1.807) is 58.7 Å². The van der Waals surface area contributed by atoms with Gasteiger partial charge in [0, 0.05) is 44.3 Å². The number of hydrogen-bond acceptors (Lipinski definition) is 8. The Hall–Kier alpha value is -3.60. The number of hydrogen-bond donors (Lipinski definition) is 3. The van der Waals surface area contributed by atoms with Crippen LogP contribution in [0, 0.1) is 0 Å². The van der Waals surface area contributed by atoms with Gasteiger partial charge in [0.2, 0.25) is 5.91 Å². The monoisotopic (exact) mass is 529 g/mol. The SMILES string of the molecule is CC(C)(C)OC(=O)NC[C@@H](NC(=O)OC(C)(C)C)C(=O)N1CCN(Cc2ccc(O)c3ncccc23)CC1. The first-order valence-electron chi connectivity index (χ1n) is 12.7. The number of benzene rings is 1. The van der Waals surface area contributed by atoms with E-state index >= 15 is 0 Å². The van der Waals surface area contributed by atoms with Gasteiger partial charge in [-0.15, -0.1) is 0 Å². The molecule has 3 amide bonds. The maximum Gasteiger partial charge on any atom is 0.408 e. The van der Waals surface area contributed by atoms with Gasteiger partial charge in [0.25, 0.3) is 0 Å². The Kier molecular flexibility index (Phi) is 9.03. The van der Waals surface area contributed by atoms with Crippen molar-refractivity contribution in [1.29, 1.82) is 0 Å². The van der Waals surface area contributed by atoms with Crippen LogP contribution in [0.5, 0.6) is 5.75 Å². The third kappa shape index (κ3) is 8.47. The van der Waals surface area contributed by atoms with Gasteiger partial charge in [0.15, 0.2) is 0 Å². The molecule has 0 bridgehead atoms. The second-order valence-electron chi connectivity index (χ2n) is 11.3. The van der Waals surface area contributed by atoms with E-state index in [4.69, 9.17) is 9.47 Å². The summed E-state index contributed by atoms with van der Waals surface area (Å²) < 4.78 is 10.6. The topological polar surface area (TPSA) is 133 Å². The number of fused-ring (bicyclic) bond motifs is 1. The Bertz CT molecular complexity index is 1150. The van der Waals surface area contributed by atoms with Gasteiger partial charge in [-0.25, -0.2) is 9.59 Å². The number of aromatic hydroxyl groups is 1. The van der Waals surface area contributed by atoms with Crippen LogP contribution in [0.15, 0.2) is 30.5 Å². The van der Waals surface area contributed by atoms with Crippen LogP contribution in [0.2, 0.25) is 0 Å². The molecule has 1 aromatic heterocycles. The number of phenolic OH excluding ortho intramolecular Hbond substituents is 1. The van der Waals surface area contributed by atoms with Crippen LogP contribution < -0.4 is 10.6 Å². The van der Waals surface area contributed by atoms with Crippen molar-refractivity contribution in [2.45, 2.75) is 65.3 Å². The summed E-state index contributed by atoms with van der Waals surface area (Å²) in [7, 11) is 0. The summed E-state index contributed by atoms with van der Waals surface area (Å²) in [6, 6.07) is 6.29. The molecule has 2 heterocycles. The molecule has 208 valence electrons. The van der Waals surface area contributed by atoms with Gasteiger partial charge < -0.3 is 30.1 Å². The second kappa shape index (κ2) is 11.8. The van der Waals surface area contributed by atoms with E-state index in [9.17, 15) is 19.5 Å². The number of nitrogens with zero attached hydrogens (tertiary/aromatic N) is 3. The molecular weight excluding hydrogens is 490 g/mol. The van der Waals surface area contributed by atoms with Gasteiger partial charge in [0.1, 0.15) is 28.5 Å². The highest BCUT2D eigenvalue weighted by Gasteiger charge is 2.31. The molecule has 11 nitrogen and oxygen atoms in total. The molecule has 1 saturated heterocycles. The molecule has 0 radical (unpaired) electrons. The highest BCUT2D eigenvalue weighted by atomic mass is 16.6. The Morgan fingerprint density at radius 1 is 0.974 bits per heavy atom. The summed E-state index contributed by atoms with van der Waals surface area (Å²) in [6.45, 7) is 13.1. The maximum absolute atomic E-state index is 13.4. The van der Waals surface area contributed by atoms with Crippen LogP contribution >= 0.6 is 0 Å². The number of rotatable bonds is 6. The minimum atomic E-state index is -1.02. The van der Waals surface area contributed by atoms with E-state index in [0.29, 0.717) is 38.2 Å². The third-order valence-electron chi connectivity index (χ3n) is 5.76. The fraction of sp³-hybridized carbons (Fsp3) is 0.556. The number of alkyl carbamates (subject to hydrolysis) is 2. The van der Waals surface area contributed by atoms with Crippen molar-refractivity contribution >= 4 is 29.0 Å². The van der Waals surface area contributed by atoms with Gasteiger partial charge in [-0.3, -0.25) is 14.7 Å². The molecule has 1 fully saturated rings. The van der Waals surface area contributed by atoms with Crippen molar-refractivity contribution in [2.24, 2.45) is 0 Å². The van der Waals surface area contributed by atoms with Crippen molar-refractivity contribution in [3.05, 3.63) is 36.0 Å². The van der Waals surface area contributed by atoms with E-state index < -0.39 is 29.4 Å². The molecule has 11 heteroatoms. The maximum atomic E-state index is 13.4. The minimum absolute atomic E-state index is 0.139. The van der Waals surface area contributed by atoms with Crippen molar-refractivity contribution < 1.29 is 29.0 Å². The fourth-order valence-corrected chi connectivity index (χ4v) is 4.09. The number of carbonyl (C=O) groups is 3. The molecule has 3 N–H and O–H groups in total. The summed E-state index contributed by atoms with van der Waals surface area (Å²) in [5.74, 6) is -0.172. The average molecular weight is 530 g/mol. The lowest BCUT2D eigenvalue weighted by Crippen LogP contribution is -2.58. The van der Waals surface area contributed by atoms with Crippen LogP contribution in [-0.2, 0) is 20.8 Å². The number of piperazine rings is 1. The Morgan fingerprint density at radius 3 is 2.24 bits per heavy atom. The van der Waals surface area contributed by atoms with Crippen molar-refractivity contribution in [1.82, 2.24) is 25.4 Å². The third-order valence-corrected chi connectivity index (χ3v) is 5.76. The smallest absolute Gasteiger partial charge is 0.408 e. The molecule has 0 aliphatic carbocycles. The van der Waals surface area contributed by atoms with E-state index in [0.717, 1.165) is 10.9 Å². The molecule has 38 heavy (non-hydrogen) atoms. The van der Waals surface area contributed by atoms with Gasteiger partial charge in [-0.1, -0.05) is 12.1 Å². The summed E-state index contributed by atoms with van der Waals surface area (Å²) in [5, 5.41) is 16.2. The van der Waals surface area contributed by atoms with Gasteiger partial charge in [-0.05, 0) is 59.2 Å². The number of phenols is 1. The van der Waals surface area contributed by atoms with Crippen LogP contribution in [0.4, 0.5) is 9.59 Å². The Morgan fingerprint density at radius 2 is 1.61 bits per heavy atom. The van der Waals surface area contributed by atoms with Crippen LogP contribution in [0.1, 0.15) is 47.1 Å². The van der Waals surface area contributed by atoms with Gasteiger partial charge >= 0.3 is 12.2 Å². The number of aromatic nitrogens is 1. The zero-order chi connectivity index (χ0) is 28.1. The van der Waals surface area contributed by atoms with Crippen LogP contribution in [0.3, 0.4) is 0 Å². The van der Waals surface area contributed by atoms with Gasteiger partial charge in [-0.2, -0.15) is 0 Å². The first kappa shape index (κ1) is 29.0. The van der Waals surface area contributed by atoms with E-state index in [1.165, 1.54) is 0 Å². The normalized spacial score (nSPS) is 15.6. The van der Waals surface area contributed by atoms with E-state index in [-0.39, 0.29) is 18.2 Å². The van der Waals surface area contributed by atoms with Crippen LogP contribution in [-0.4, -0.2) is 88.0 Å². The molecule has 0 spiro atoms. The molecule has 1 aromatic carbocycles. The number of ether oxygens (including phenoxy) is 2. The summed E-state index contributed by atoms with van der Waals surface area (Å²) in [4.78, 5) is 46.2. The molecule has 1 aliphatic heterocycles. The lowest BCUT2D eigenvalue weighted by Gasteiger charge is -2.36. The summed E-state index contributed by atoms with van der Waals surface area (Å²) in [6.07, 6.45) is 0.227. The number of nitrogens with one attached hydrogen (secondary N) is 2. The predicted octanol–water partition coefficient (Wildman–Crippen LogP) is 3.00. The standard InChI is InChI=1S/C27H39N5O6/c1-26(2,3)37-24(35)29-16-20(30-25(36)38-27(4,5)6)23(34)32-14-12-31(13-15-32)17-18-9-10-21(33)22-19(18)8-7-11-28-22/h7-11,20,33H,12-17H2,1-6H3,(H,29,35)(H,30,36)/t20-/m1/s1. The molecule has 1 atom stereocenters. The zero-order valence-electron chi connectivity index (χ0n) is 23.0. The Labute approximate surface area is 223 Å². The largest absolute Gasteiger partial charge is 0.506 e. The molecule has 1 aliphatic rings. The Balaban J connectivity index is 1.63. The lowest BCUT2D eigenvalue weighted by molar-refractivity contribution is -0.135. The summed E-state index contributed by atoms with van der Waals surface area (Å²) in [5.41, 5.74) is 0.164.